The summed E-state index contributed by atoms with van der Waals surface area (Å²) >= 11 is 1.87. The molecule has 50 heavy (non-hydrogen) atoms. The maximum Gasteiger partial charge on any atom is 0.193 e. The van der Waals surface area contributed by atoms with E-state index in [-0.39, 0.29) is 22.0 Å². The molecule has 9 rings (SSSR count). The van der Waals surface area contributed by atoms with E-state index in [0.717, 1.165) is 39.1 Å². The van der Waals surface area contributed by atoms with Gasteiger partial charge in [0.15, 0.2) is 5.78 Å². The molecule has 7 aromatic rings. The smallest absolute Gasteiger partial charge is 0.193 e. The summed E-state index contributed by atoms with van der Waals surface area (Å²) in [6, 6.07) is 44.2. The predicted molar refractivity (Wildman–Crippen MR) is 212 cm³/mol. The fourth-order valence-corrected chi connectivity index (χ4v) is 9.67. The van der Waals surface area contributed by atoms with Crippen LogP contribution in [0.25, 0.3) is 31.3 Å². The van der Waals surface area contributed by atoms with Gasteiger partial charge in [-0.3, -0.25) is 4.79 Å². The van der Waals surface area contributed by atoms with Crippen LogP contribution in [0.1, 0.15) is 92.2 Å². The number of carbonyl (C=O) groups excluding carboxylic acids is 1. The molecular weight excluding hydrogens is 627 g/mol. The van der Waals surface area contributed by atoms with E-state index in [4.69, 9.17) is 0 Å². The first-order chi connectivity index (χ1) is 23.9. The highest BCUT2D eigenvalue weighted by atomic mass is 32.1. The number of hydrogen-bond donors (Lipinski definition) is 0. The maximum absolute atomic E-state index is 14.2. The van der Waals surface area contributed by atoms with Gasteiger partial charge in [-0.15, -0.1) is 11.3 Å². The molecule has 2 heterocycles. The molecule has 0 amide bonds. The zero-order valence-corrected chi connectivity index (χ0v) is 30.6. The second-order valence-corrected chi connectivity index (χ2v) is 17.3. The summed E-state index contributed by atoms with van der Waals surface area (Å²) in [7, 11) is 0. The molecule has 0 radical (unpaired) electrons. The minimum atomic E-state index is -0.267. The van der Waals surface area contributed by atoms with Crippen LogP contribution in [0.2, 0.25) is 0 Å². The molecule has 246 valence electrons. The lowest BCUT2D eigenvalue weighted by Crippen LogP contribution is -2.31. The van der Waals surface area contributed by atoms with Crippen molar-refractivity contribution < 1.29 is 4.79 Å². The molecule has 3 heteroatoms. The molecule has 2 nitrogen and oxygen atoms in total. The van der Waals surface area contributed by atoms with E-state index in [1.54, 1.807) is 0 Å². The Morgan fingerprint density at radius 3 is 1.96 bits per heavy atom. The molecular formula is C47H41NOS. The molecule has 1 aromatic heterocycles. The maximum atomic E-state index is 14.2. The molecule has 0 bridgehead atoms. The van der Waals surface area contributed by atoms with Crippen LogP contribution in [0.4, 0.5) is 17.1 Å². The number of thiophene rings is 1. The van der Waals surface area contributed by atoms with Gasteiger partial charge in [-0.05, 0) is 86.8 Å². The number of anilines is 3. The first-order valence-electron chi connectivity index (χ1n) is 17.6. The standard InChI is InChI=1S/C47H41NOS/c1-45(2,3)30-19-23-36-34(27-30)44(49)33-26-29(18-22-35(33)46(36,4)5)28-16-20-31(21-17-28)48-39-14-10-9-13-37(39)47(6,7)38-24-25-41-42(43(38)48)32-12-8-11-15-40(32)50-41/h8-27H,1-7H3. The second kappa shape index (κ2) is 10.5. The Kier molecular flexibility index (Phi) is 6.52. The Morgan fingerprint density at radius 2 is 1.20 bits per heavy atom. The van der Waals surface area contributed by atoms with Crippen LogP contribution >= 0.6 is 11.3 Å². The van der Waals surface area contributed by atoms with Crippen molar-refractivity contribution in [3.63, 3.8) is 0 Å². The monoisotopic (exact) mass is 667 g/mol. The lowest BCUT2D eigenvalue weighted by atomic mass is 9.67. The molecule has 0 saturated carbocycles. The summed E-state index contributed by atoms with van der Waals surface area (Å²) < 4.78 is 2.62. The molecule has 1 aliphatic heterocycles. The predicted octanol–water partition coefficient (Wildman–Crippen LogP) is 13.0. The number of nitrogens with zero attached hydrogens (tertiary/aromatic N) is 1. The molecule has 6 aromatic carbocycles. The average Bonchev–Trinajstić information content (AvgIpc) is 3.49. The summed E-state index contributed by atoms with van der Waals surface area (Å²) in [5.41, 5.74) is 13.0. The second-order valence-electron chi connectivity index (χ2n) is 16.2. The van der Waals surface area contributed by atoms with Crippen molar-refractivity contribution in [1.82, 2.24) is 0 Å². The minimum absolute atomic E-state index is 0.0310. The van der Waals surface area contributed by atoms with Gasteiger partial charge in [0.2, 0.25) is 0 Å². The highest BCUT2D eigenvalue weighted by Crippen LogP contribution is 2.56. The van der Waals surface area contributed by atoms with Crippen LogP contribution in [0.3, 0.4) is 0 Å². The summed E-state index contributed by atoms with van der Waals surface area (Å²) in [5.74, 6) is 0.120. The van der Waals surface area contributed by atoms with Gasteiger partial charge in [0.05, 0.1) is 11.4 Å². The number of benzene rings is 6. The van der Waals surface area contributed by atoms with Crippen LogP contribution in [0.15, 0.2) is 121 Å². The van der Waals surface area contributed by atoms with Gasteiger partial charge < -0.3 is 4.90 Å². The Balaban J connectivity index is 1.17. The third-order valence-electron chi connectivity index (χ3n) is 11.4. The molecule has 0 spiro atoms. The van der Waals surface area contributed by atoms with Crippen molar-refractivity contribution in [3.8, 4) is 11.1 Å². The molecule has 0 N–H and O–H groups in total. The van der Waals surface area contributed by atoms with Gasteiger partial charge in [-0.1, -0.05) is 127 Å². The van der Waals surface area contributed by atoms with E-state index >= 15 is 0 Å². The molecule has 0 unspecified atom stereocenters. The first kappa shape index (κ1) is 31.0. The number of para-hydroxylation sites is 1. The van der Waals surface area contributed by atoms with E-state index in [0.29, 0.717) is 0 Å². The van der Waals surface area contributed by atoms with Gasteiger partial charge in [-0.25, -0.2) is 0 Å². The van der Waals surface area contributed by atoms with Gasteiger partial charge in [-0.2, -0.15) is 0 Å². The molecule has 2 aliphatic rings. The van der Waals surface area contributed by atoms with E-state index < -0.39 is 0 Å². The summed E-state index contributed by atoms with van der Waals surface area (Å²) in [5, 5.41) is 2.62. The average molecular weight is 668 g/mol. The number of fused-ring (bicyclic) bond motifs is 8. The first-order valence-corrected chi connectivity index (χ1v) is 18.5. The van der Waals surface area contributed by atoms with Crippen LogP contribution < -0.4 is 4.90 Å². The fraction of sp³-hybridized carbons (Fsp3) is 0.213. The van der Waals surface area contributed by atoms with Crippen molar-refractivity contribution >= 4 is 54.4 Å². The van der Waals surface area contributed by atoms with E-state index in [2.05, 4.69) is 175 Å². The van der Waals surface area contributed by atoms with Crippen molar-refractivity contribution in [1.29, 1.82) is 0 Å². The zero-order valence-electron chi connectivity index (χ0n) is 29.8. The summed E-state index contributed by atoms with van der Waals surface area (Å²) in [6.07, 6.45) is 0. The SMILES string of the molecule is CC(C)(C)c1ccc2c(c1)C(=O)c1cc(-c3ccc(N4c5ccccc5C(C)(C)c5ccc6sc7ccccc7c6c54)cc3)ccc1C2(C)C. The van der Waals surface area contributed by atoms with Gasteiger partial charge in [0.1, 0.15) is 0 Å². The van der Waals surface area contributed by atoms with Crippen LogP contribution in [-0.4, -0.2) is 5.78 Å². The highest BCUT2D eigenvalue weighted by molar-refractivity contribution is 7.26. The lowest BCUT2D eigenvalue weighted by molar-refractivity contribution is 0.103. The van der Waals surface area contributed by atoms with Gasteiger partial charge in [0.25, 0.3) is 0 Å². The Hall–Kier alpha value is -4.99. The van der Waals surface area contributed by atoms with Crippen LogP contribution in [-0.2, 0) is 16.2 Å². The molecule has 0 saturated heterocycles. The Morgan fingerprint density at radius 1 is 0.580 bits per heavy atom. The normalized spacial score (nSPS) is 15.8. The lowest BCUT2D eigenvalue weighted by Gasteiger charge is -2.42. The third-order valence-corrected chi connectivity index (χ3v) is 12.6. The highest BCUT2D eigenvalue weighted by Gasteiger charge is 2.39. The number of ketones is 1. The molecule has 0 fully saturated rings. The minimum Gasteiger partial charge on any atom is -0.309 e. The summed E-state index contributed by atoms with van der Waals surface area (Å²) in [4.78, 5) is 16.7. The van der Waals surface area contributed by atoms with E-state index in [1.807, 2.05) is 11.3 Å². The van der Waals surface area contributed by atoms with Gasteiger partial charge in [0, 0.05) is 47.8 Å². The Bertz CT molecular complexity index is 2540. The van der Waals surface area contributed by atoms with Crippen molar-refractivity contribution in [2.24, 2.45) is 0 Å². The topological polar surface area (TPSA) is 20.3 Å². The van der Waals surface area contributed by atoms with Crippen molar-refractivity contribution in [3.05, 3.63) is 160 Å². The fourth-order valence-electron chi connectivity index (χ4n) is 8.56. The van der Waals surface area contributed by atoms with Crippen LogP contribution in [0, 0.1) is 0 Å². The van der Waals surface area contributed by atoms with Gasteiger partial charge >= 0.3 is 0 Å². The quantitative estimate of drug-likeness (QED) is 0.183. The summed E-state index contributed by atoms with van der Waals surface area (Å²) in [6.45, 7) is 15.8. The Labute approximate surface area is 299 Å². The molecule has 0 atom stereocenters. The van der Waals surface area contributed by atoms with Crippen molar-refractivity contribution in [2.75, 3.05) is 4.90 Å². The number of rotatable bonds is 2. The van der Waals surface area contributed by atoms with Crippen molar-refractivity contribution in [2.45, 2.75) is 64.7 Å². The zero-order chi connectivity index (χ0) is 34.7. The van der Waals surface area contributed by atoms with Crippen LogP contribution in [0.5, 0.6) is 0 Å². The number of hydrogen-bond acceptors (Lipinski definition) is 3. The third kappa shape index (κ3) is 4.36. The number of carbonyl (C=O) groups is 1. The van der Waals surface area contributed by atoms with E-state index in [9.17, 15) is 4.79 Å². The molecule has 1 aliphatic carbocycles. The van der Waals surface area contributed by atoms with E-state index in [1.165, 1.54) is 48.2 Å². The largest absolute Gasteiger partial charge is 0.309 e.